The van der Waals surface area contributed by atoms with E-state index in [1.54, 1.807) is 30.3 Å². The molecule has 1 amide bonds. The van der Waals surface area contributed by atoms with Gasteiger partial charge >= 0.3 is 0 Å². The monoisotopic (exact) mass is 480 g/mol. The van der Waals surface area contributed by atoms with Gasteiger partial charge in [-0.25, -0.2) is 0 Å². The number of nitrogens with one attached hydrogen (secondary N) is 1. The molecule has 2 aromatic rings. The Hall–Kier alpha value is -0.560. The average Bonchev–Trinajstić information content (AvgIpc) is 2.33. The number of hydrogen-bond acceptors (Lipinski definition) is 2. The lowest BCUT2D eigenvalue weighted by atomic mass is 10.2. The second-order valence-corrected chi connectivity index (χ2v) is 7.02. The summed E-state index contributed by atoms with van der Waals surface area (Å²) in [4.78, 5) is 12.2. The highest BCUT2D eigenvalue weighted by atomic mass is 79.9. The Labute approximate surface area is 146 Å². The predicted molar refractivity (Wildman–Crippen MR) is 93.4 cm³/mol. The molecule has 0 aliphatic carbocycles. The van der Waals surface area contributed by atoms with Crippen LogP contribution in [0.15, 0.2) is 43.7 Å². The molecule has 3 nitrogen and oxygen atoms in total. The van der Waals surface area contributed by atoms with E-state index in [0.29, 0.717) is 26.4 Å². The fraction of sp³-hybridized carbons (Fsp3) is 0. The Morgan fingerprint density at radius 2 is 1.80 bits per heavy atom. The summed E-state index contributed by atoms with van der Waals surface area (Å²) in [7, 11) is 0. The van der Waals surface area contributed by atoms with E-state index in [-0.39, 0.29) is 5.91 Å². The number of anilines is 2. The predicted octanol–water partition coefficient (Wildman–Crippen LogP) is 5.46. The van der Waals surface area contributed by atoms with Crippen molar-refractivity contribution in [3.05, 3.63) is 54.3 Å². The van der Waals surface area contributed by atoms with Gasteiger partial charge in [0, 0.05) is 13.4 Å². The van der Waals surface area contributed by atoms with E-state index in [9.17, 15) is 4.79 Å². The molecule has 2 rings (SSSR count). The van der Waals surface area contributed by atoms with Gasteiger partial charge in [-0.15, -0.1) is 0 Å². The summed E-state index contributed by atoms with van der Waals surface area (Å²) in [5.74, 6) is -0.322. The van der Waals surface area contributed by atoms with Crippen LogP contribution in [0, 0.1) is 0 Å². The second kappa shape index (κ2) is 6.47. The van der Waals surface area contributed by atoms with Gasteiger partial charge in [0.05, 0.1) is 22.0 Å². The van der Waals surface area contributed by atoms with Crippen LogP contribution < -0.4 is 11.1 Å². The number of hydrogen-bond donors (Lipinski definition) is 2. The van der Waals surface area contributed by atoms with E-state index in [1.807, 2.05) is 0 Å². The number of nitrogens with two attached hydrogens (primary N) is 1. The van der Waals surface area contributed by atoms with Crippen molar-refractivity contribution in [2.24, 2.45) is 0 Å². The van der Waals surface area contributed by atoms with E-state index in [1.165, 1.54) is 0 Å². The summed E-state index contributed by atoms with van der Waals surface area (Å²) < 4.78 is 2.32. The Morgan fingerprint density at radius 3 is 2.40 bits per heavy atom. The van der Waals surface area contributed by atoms with Crippen molar-refractivity contribution < 1.29 is 4.79 Å². The lowest BCUT2D eigenvalue weighted by Crippen LogP contribution is -2.14. The zero-order valence-electron chi connectivity index (χ0n) is 9.88. The van der Waals surface area contributed by atoms with E-state index in [0.717, 1.165) is 8.95 Å². The summed E-state index contributed by atoms with van der Waals surface area (Å²) in [6.45, 7) is 0. The van der Waals surface area contributed by atoms with Crippen LogP contribution in [0.2, 0.25) is 5.02 Å². The van der Waals surface area contributed by atoms with Gasteiger partial charge in [-0.2, -0.15) is 0 Å². The number of carbonyl (C=O) groups is 1. The SMILES string of the molecule is Nc1cc(Br)cc(Br)c1NC(=O)c1ccc(Br)cc1Cl. The molecule has 0 saturated heterocycles. The minimum Gasteiger partial charge on any atom is -0.397 e. The van der Waals surface area contributed by atoms with Crippen LogP contribution in [-0.4, -0.2) is 5.91 Å². The zero-order chi connectivity index (χ0) is 14.9. The van der Waals surface area contributed by atoms with Gasteiger partial charge in [0.1, 0.15) is 0 Å². The fourth-order valence-electron chi connectivity index (χ4n) is 1.58. The van der Waals surface area contributed by atoms with Crippen molar-refractivity contribution in [2.45, 2.75) is 0 Å². The van der Waals surface area contributed by atoms with Gasteiger partial charge in [-0.1, -0.05) is 43.5 Å². The molecular formula is C13H8Br3ClN2O. The number of amides is 1. The molecule has 0 bridgehead atoms. The average molecular weight is 483 g/mol. The van der Waals surface area contributed by atoms with Crippen molar-refractivity contribution in [3.8, 4) is 0 Å². The number of benzene rings is 2. The third-order valence-corrected chi connectivity index (χ3v) is 4.39. The van der Waals surface area contributed by atoms with Gasteiger partial charge in [0.25, 0.3) is 5.91 Å². The minimum absolute atomic E-state index is 0.322. The van der Waals surface area contributed by atoms with Crippen LogP contribution >= 0.6 is 59.4 Å². The maximum absolute atomic E-state index is 12.2. The number of carbonyl (C=O) groups excluding carboxylic acids is 1. The molecule has 0 atom stereocenters. The molecule has 0 fully saturated rings. The van der Waals surface area contributed by atoms with Crippen LogP contribution in [0.3, 0.4) is 0 Å². The van der Waals surface area contributed by atoms with Crippen molar-refractivity contribution in [2.75, 3.05) is 11.1 Å². The Balaban J connectivity index is 2.33. The first-order valence-corrected chi connectivity index (χ1v) is 8.15. The van der Waals surface area contributed by atoms with E-state index in [2.05, 4.69) is 53.1 Å². The normalized spacial score (nSPS) is 10.4. The molecule has 0 aliphatic heterocycles. The third kappa shape index (κ3) is 3.55. The van der Waals surface area contributed by atoms with Crippen LogP contribution in [-0.2, 0) is 0 Å². The Morgan fingerprint density at radius 1 is 1.10 bits per heavy atom. The molecule has 0 saturated carbocycles. The van der Waals surface area contributed by atoms with Crippen LogP contribution in [0.25, 0.3) is 0 Å². The summed E-state index contributed by atoms with van der Waals surface area (Å²) in [6, 6.07) is 8.57. The maximum Gasteiger partial charge on any atom is 0.257 e. The van der Waals surface area contributed by atoms with Gasteiger partial charge in [-0.3, -0.25) is 4.79 Å². The highest BCUT2D eigenvalue weighted by Crippen LogP contribution is 2.33. The Bertz CT molecular complexity index is 668. The lowest BCUT2D eigenvalue weighted by molar-refractivity contribution is 0.102. The molecule has 2 aromatic carbocycles. The Kier molecular flexibility index (Phi) is 5.12. The van der Waals surface area contributed by atoms with Crippen LogP contribution in [0.1, 0.15) is 10.4 Å². The zero-order valence-corrected chi connectivity index (χ0v) is 15.4. The molecule has 20 heavy (non-hydrogen) atoms. The molecule has 104 valence electrons. The van der Waals surface area contributed by atoms with Gasteiger partial charge in [0.15, 0.2) is 0 Å². The molecule has 0 heterocycles. The topological polar surface area (TPSA) is 55.1 Å². The maximum atomic E-state index is 12.2. The molecule has 3 N–H and O–H groups in total. The quantitative estimate of drug-likeness (QED) is 0.558. The van der Waals surface area contributed by atoms with E-state index >= 15 is 0 Å². The standard InChI is InChI=1S/C13H8Br3ClN2O/c14-6-1-2-8(10(17)4-6)13(20)19-12-9(16)3-7(15)5-11(12)18/h1-5H,18H2,(H,19,20). The van der Waals surface area contributed by atoms with E-state index < -0.39 is 0 Å². The highest BCUT2D eigenvalue weighted by molar-refractivity contribution is 9.11. The summed E-state index contributed by atoms with van der Waals surface area (Å²) in [5, 5.41) is 3.12. The molecule has 0 spiro atoms. The molecule has 7 heteroatoms. The highest BCUT2D eigenvalue weighted by Gasteiger charge is 2.14. The van der Waals surface area contributed by atoms with Crippen molar-refractivity contribution in [3.63, 3.8) is 0 Å². The molecule has 0 unspecified atom stereocenters. The van der Waals surface area contributed by atoms with Crippen molar-refractivity contribution >= 4 is 76.7 Å². The fourth-order valence-corrected chi connectivity index (χ4v) is 3.70. The molecule has 0 aliphatic rings. The summed E-state index contributed by atoms with van der Waals surface area (Å²) in [6.07, 6.45) is 0. The molecular weight excluding hydrogens is 475 g/mol. The third-order valence-electron chi connectivity index (χ3n) is 2.50. The van der Waals surface area contributed by atoms with Gasteiger partial charge < -0.3 is 11.1 Å². The lowest BCUT2D eigenvalue weighted by Gasteiger charge is -2.12. The number of halogens is 4. The minimum atomic E-state index is -0.322. The largest absolute Gasteiger partial charge is 0.397 e. The van der Waals surface area contributed by atoms with Gasteiger partial charge in [0.2, 0.25) is 0 Å². The number of rotatable bonds is 2. The van der Waals surface area contributed by atoms with Crippen LogP contribution in [0.5, 0.6) is 0 Å². The van der Waals surface area contributed by atoms with E-state index in [4.69, 9.17) is 17.3 Å². The first kappa shape index (κ1) is 15.8. The summed E-state index contributed by atoms with van der Waals surface area (Å²) in [5.41, 5.74) is 7.24. The number of nitrogen functional groups attached to an aromatic ring is 1. The van der Waals surface area contributed by atoms with Crippen LogP contribution in [0.4, 0.5) is 11.4 Å². The van der Waals surface area contributed by atoms with Crippen molar-refractivity contribution in [1.29, 1.82) is 0 Å². The second-order valence-electron chi connectivity index (χ2n) is 3.93. The first-order valence-electron chi connectivity index (χ1n) is 5.39. The summed E-state index contributed by atoms with van der Waals surface area (Å²) >= 11 is 16.0. The smallest absolute Gasteiger partial charge is 0.257 e. The molecule has 0 radical (unpaired) electrons. The molecule has 0 aromatic heterocycles. The van der Waals surface area contributed by atoms with Gasteiger partial charge in [-0.05, 0) is 46.3 Å². The van der Waals surface area contributed by atoms with Crippen molar-refractivity contribution in [1.82, 2.24) is 0 Å². The first-order chi connectivity index (χ1) is 9.38.